The molecule has 1 heterocycles. The number of aromatic nitrogens is 2. The topological polar surface area (TPSA) is 87.6 Å². The van der Waals surface area contributed by atoms with E-state index >= 15 is 0 Å². The summed E-state index contributed by atoms with van der Waals surface area (Å²) >= 11 is 3.54. The van der Waals surface area contributed by atoms with Gasteiger partial charge in [0.15, 0.2) is 0 Å². The molecule has 0 aliphatic heterocycles. The summed E-state index contributed by atoms with van der Waals surface area (Å²) in [5, 5.41) is 13.9. The second-order valence-corrected chi connectivity index (χ2v) is 8.08. The van der Waals surface area contributed by atoms with Gasteiger partial charge in [-0.25, -0.2) is 14.8 Å². The van der Waals surface area contributed by atoms with Crippen molar-refractivity contribution in [2.75, 3.05) is 25.6 Å². The van der Waals surface area contributed by atoms with Crippen molar-refractivity contribution < 1.29 is 14.6 Å². The Bertz CT molecular complexity index is 824. The fourth-order valence-corrected chi connectivity index (χ4v) is 4.38. The normalized spacial score (nSPS) is 19.5. The number of ether oxygens (including phenoxy) is 1. The lowest BCUT2D eigenvalue weighted by molar-refractivity contribution is 0.0854. The van der Waals surface area contributed by atoms with Crippen LogP contribution in [0.4, 0.5) is 10.7 Å². The van der Waals surface area contributed by atoms with Gasteiger partial charge >= 0.3 is 6.09 Å². The fraction of sp³-hybridized carbons (Fsp3) is 0.550. The predicted molar refractivity (Wildman–Crippen MR) is 113 cm³/mol. The van der Waals surface area contributed by atoms with E-state index in [1.54, 1.807) is 7.11 Å². The van der Waals surface area contributed by atoms with Gasteiger partial charge in [-0.2, -0.15) is 0 Å². The molecule has 1 aromatic carbocycles. The molecule has 1 fully saturated rings. The lowest BCUT2D eigenvalue weighted by Gasteiger charge is -2.35. The highest BCUT2D eigenvalue weighted by Gasteiger charge is 2.28. The molecule has 1 amide bonds. The monoisotopic (exact) mass is 450 g/mol. The van der Waals surface area contributed by atoms with E-state index in [-0.39, 0.29) is 12.1 Å². The number of nitrogens with zero attached hydrogens (tertiary/aromatic N) is 3. The largest absolute Gasteiger partial charge is 0.465 e. The van der Waals surface area contributed by atoms with Crippen LogP contribution in [0.15, 0.2) is 22.8 Å². The van der Waals surface area contributed by atoms with E-state index in [9.17, 15) is 9.90 Å². The zero-order chi connectivity index (χ0) is 20.1. The van der Waals surface area contributed by atoms with Crippen molar-refractivity contribution in [2.45, 2.75) is 51.1 Å². The highest BCUT2D eigenvalue weighted by molar-refractivity contribution is 9.10. The Kier molecular flexibility index (Phi) is 7.07. The van der Waals surface area contributed by atoms with Crippen LogP contribution >= 0.6 is 15.9 Å². The molecule has 7 nitrogen and oxygen atoms in total. The van der Waals surface area contributed by atoms with Gasteiger partial charge in [0.2, 0.25) is 5.95 Å². The smallest absolute Gasteiger partial charge is 0.407 e. The minimum absolute atomic E-state index is 0.0484. The summed E-state index contributed by atoms with van der Waals surface area (Å²) in [6.45, 7) is 2.96. The zero-order valence-electron chi connectivity index (χ0n) is 16.3. The number of rotatable bonds is 7. The van der Waals surface area contributed by atoms with Crippen molar-refractivity contribution in [3.05, 3.63) is 28.4 Å². The van der Waals surface area contributed by atoms with Crippen LogP contribution in [0.25, 0.3) is 10.9 Å². The highest BCUT2D eigenvalue weighted by atomic mass is 79.9. The molecule has 3 rings (SSSR count). The number of fused-ring (bicyclic) bond motifs is 1. The van der Waals surface area contributed by atoms with E-state index in [0.717, 1.165) is 47.5 Å². The van der Waals surface area contributed by atoms with Crippen LogP contribution in [-0.2, 0) is 11.2 Å². The van der Waals surface area contributed by atoms with Gasteiger partial charge in [0, 0.05) is 41.8 Å². The van der Waals surface area contributed by atoms with Gasteiger partial charge in [0.05, 0.1) is 12.1 Å². The Balaban J connectivity index is 1.64. The van der Waals surface area contributed by atoms with Crippen LogP contribution in [0, 0.1) is 0 Å². The molecule has 2 aromatic rings. The molecule has 0 atom stereocenters. The van der Waals surface area contributed by atoms with Crippen LogP contribution < -0.4 is 5.32 Å². The maximum atomic E-state index is 11.5. The van der Waals surface area contributed by atoms with E-state index in [0.29, 0.717) is 19.1 Å². The van der Waals surface area contributed by atoms with Gasteiger partial charge in [-0.05, 0) is 49.8 Å². The summed E-state index contributed by atoms with van der Waals surface area (Å²) in [6, 6.07) is 4.44. The first-order valence-electron chi connectivity index (χ1n) is 9.72. The first-order valence-corrected chi connectivity index (χ1v) is 10.5. The number of carboxylic acid groups (broad SMARTS) is 1. The van der Waals surface area contributed by atoms with Crippen molar-refractivity contribution in [1.29, 1.82) is 0 Å². The van der Waals surface area contributed by atoms with Crippen molar-refractivity contribution in [2.24, 2.45) is 0 Å². The first-order chi connectivity index (χ1) is 13.5. The summed E-state index contributed by atoms with van der Waals surface area (Å²) in [7, 11) is 1.59. The second-order valence-electron chi connectivity index (χ2n) is 7.17. The van der Waals surface area contributed by atoms with E-state index < -0.39 is 6.09 Å². The Morgan fingerprint density at radius 2 is 2.11 bits per heavy atom. The van der Waals surface area contributed by atoms with Crippen molar-refractivity contribution >= 4 is 38.9 Å². The maximum absolute atomic E-state index is 11.5. The number of hydrogen-bond donors (Lipinski definition) is 2. The minimum atomic E-state index is -0.871. The highest BCUT2D eigenvalue weighted by Crippen LogP contribution is 2.27. The maximum Gasteiger partial charge on any atom is 0.407 e. The SMILES string of the molecule is CCc1cc(Br)cc2cnc(NC3CCC(N(CCOC)C(=O)O)CC3)nc12. The van der Waals surface area contributed by atoms with Gasteiger partial charge < -0.3 is 20.1 Å². The van der Waals surface area contributed by atoms with Crippen molar-refractivity contribution in [1.82, 2.24) is 14.9 Å². The van der Waals surface area contributed by atoms with Crippen molar-refractivity contribution in [3.63, 3.8) is 0 Å². The minimum Gasteiger partial charge on any atom is -0.465 e. The fourth-order valence-electron chi connectivity index (χ4n) is 3.86. The molecule has 1 aliphatic carbocycles. The number of halogens is 1. The standard InChI is InChI=1S/C20H27BrN4O3/c1-3-13-10-15(21)11-14-12-22-19(24-18(13)14)23-16-4-6-17(7-5-16)25(20(26)27)8-9-28-2/h10-12,16-17H,3-9H2,1-2H3,(H,26,27)(H,22,23,24). The average molecular weight is 451 g/mol. The number of carbonyl (C=O) groups is 1. The van der Waals surface area contributed by atoms with E-state index in [4.69, 9.17) is 9.72 Å². The number of anilines is 1. The third-order valence-electron chi connectivity index (χ3n) is 5.36. The molecule has 0 unspecified atom stereocenters. The van der Waals surface area contributed by atoms with Gasteiger partial charge in [-0.15, -0.1) is 0 Å². The third-order valence-corrected chi connectivity index (χ3v) is 5.82. The molecule has 1 aliphatic rings. The Hall–Kier alpha value is -1.93. The number of aryl methyl sites for hydroxylation is 1. The quantitative estimate of drug-likeness (QED) is 0.653. The van der Waals surface area contributed by atoms with Gasteiger partial charge in [-0.3, -0.25) is 0 Å². The number of amides is 1. The molecule has 0 saturated heterocycles. The number of nitrogens with one attached hydrogen (secondary N) is 1. The lowest BCUT2D eigenvalue weighted by Crippen LogP contribution is -2.44. The molecule has 2 N–H and O–H groups in total. The van der Waals surface area contributed by atoms with Crippen LogP contribution in [0.1, 0.15) is 38.2 Å². The molecule has 0 spiro atoms. The molecule has 1 saturated carbocycles. The van der Waals surface area contributed by atoms with Crippen LogP contribution in [0.3, 0.4) is 0 Å². The van der Waals surface area contributed by atoms with Gasteiger partial charge in [0.1, 0.15) is 0 Å². The summed E-state index contributed by atoms with van der Waals surface area (Å²) in [4.78, 5) is 22.2. The lowest BCUT2D eigenvalue weighted by atomic mass is 9.90. The predicted octanol–water partition coefficient (Wildman–Crippen LogP) is 4.30. The number of methoxy groups -OCH3 is 1. The Morgan fingerprint density at radius 3 is 2.75 bits per heavy atom. The van der Waals surface area contributed by atoms with Crippen LogP contribution in [0.5, 0.6) is 0 Å². The zero-order valence-corrected chi connectivity index (χ0v) is 17.9. The average Bonchev–Trinajstić information content (AvgIpc) is 2.69. The van der Waals surface area contributed by atoms with E-state index in [2.05, 4.69) is 39.2 Å². The summed E-state index contributed by atoms with van der Waals surface area (Å²) in [5.74, 6) is 0.641. The van der Waals surface area contributed by atoms with Crippen LogP contribution in [-0.4, -0.2) is 58.4 Å². The van der Waals surface area contributed by atoms with E-state index in [1.165, 1.54) is 10.5 Å². The van der Waals surface area contributed by atoms with Crippen molar-refractivity contribution in [3.8, 4) is 0 Å². The third kappa shape index (κ3) is 4.91. The molecule has 28 heavy (non-hydrogen) atoms. The van der Waals surface area contributed by atoms with Gasteiger partial charge in [0.25, 0.3) is 0 Å². The van der Waals surface area contributed by atoms with E-state index in [1.807, 2.05) is 12.3 Å². The summed E-state index contributed by atoms with van der Waals surface area (Å²) in [6.07, 6.45) is 5.34. The second kappa shape index (κ2) is 9.52. The number of benzene rings is 1. The van der Waals surface area contributed by atoms with Crippen LogP contribution in [0.2, 0.25) is 0 Å². The summed E-state index contributed by atoms with van der Waals surface area (Å²) < 4.78 is 6.08. The molecule has 152 valence electrons. The Labute approximate surface area is 173 Å². The molecule has 8 heteroatoms. The molecular weight excluding hydrogens is 424 g/mol. The van der Waals surface area contributed by atoms with Gasteiger partial charge in [-0.1, -0.05) is 22.9 Å². The molecular formula is C20H27BrN4O3. The Morgan fingerprint density at radius 1 is 1.36 bits per heavy atom. The molecule has 0 radical (unpaired) electrons. The first kappa shape index (κ1) is 20.8. The molecule has 1 aromatic heterocycles. The molecule has 0 bridgehead atoms. The number of hydrogen-bond acceptors (Lipinski definition) is 5. The summed E-state index contributed by atoms with van der Waals surface area (Å²) in [5.41, 5.74) is 2.17.